The van der Waals surface area contributed by atoms with Crippen molar-refractivity contribution in [3.05, 3.63) is 58.9 Å². The molecule has 1 aliphatic heterocycles. The van der Waals surface area contributed by atoms with Crippen LogP contribution in [0, 0.1) is 5.82 Å². The predicted octanol–water partition coefficient (Wildman–Crippen LogP) is 1.90. The molecular formula is C19H18FN4O3S+. The van der Waals surface area contributed by atoms with Gasteiger partial charge in [-0.2, -0.15) is 9.50 Å². The number of furan rings is 1. The number of hydrogen-bond donors (Lipinski definition) is 2. The maximum absolute atomic E-state index is 14.7. The van der Waals surface area contributed by atoms with E-state index >= 15 is 0 Å². The van der Waals surface area contributed by atoms with Gasteiger partial charge in [0.1, 0.15) is 23.8 Å². The first-order valence-electron chi connectivity index (χ1n) is 9.01. The lowest BCUT2D eigenvalue weighted by atomic mass is 10.0. The number of aromatic nitrogens is 3. The van der Waals surface area contributed by atoms with Crippen LogP contribution in [0.5, 0.6) is 5.88 Å². The molecule has 1 saturated heterocycles. The number of quaternary nitrogens is 1. The van der Waals surface area contributed by atoms with E-state index < -0.39 is 0 Å². The van der Waals surface area contributed by atoms with Gasteiger partial charge in [0.15, 0.2) is 11.8 Å². The molecule has 4 aromatic rings. The Labute approximate surface area is 163 Å². The van der Waals surface area contributed by atoms with Crippen molar-refractivity contribution in [1.82, 2.24) is 14.6 Å². The highest BCUT2D eigenvalue weighted by Crippen LogP contribution is 2.36. The number of nitrogens with zero attached hydrogens (tertiary/aromatic N) is 3. The highest BCUT2D eigenvalue weighted by Gasteiger charge is 2.35. The van der Waals surface area contributed by atoms with Crippen molar-refractivity contribution in [2.45, 2.75) is 6.04 Å². The number of ether oxygens (including phenoxy) is 1. The Balaban J connectivity index is 1.62. The first-order chi connectivity index (χ1) is 13.7. The van der Waals surface area contributed by atoms with Crippen molar-refractivity contribution in [3.63, 3.8) is 0 Å². The number of halogens is 1. The van der Waals surface area contributed by atoms with Gasteiger partial charge in [0.25, 0.3) is 0 Å². The van der Waals surface area contributed by atoms with Gasteiger partial charge in [-0.25, -0.2) is 4.39 Å². The Kier molecular flexibility index (Phi) is 4.34. The third-order valence-electron chi connectivity index (χ3n) is 4.96. The van der Waals surface area contributed by atoms with Gasteiger partial charge >= 0.3 is 0 Å². The second kappa shape index (κ2) is 7.01. The summed E-state index contributed by atoms with van der Waals surface area (Å²) in [4.78, 5) is 6.79. The van der Waals surface area contributed by atoms with Gasteiger partial charge in [-0.1, -0.05) is 23.5 Å². The maximum atomic E-state index is 14.7. The molecule has 1 atom stereocenters. The van der Waals surface area contributed by atoms with Gasteiger partial charge in [0.05, 0.1) is 25.0 Å². The molecule has 0 amide bonds. The number of rotatable bonds is 4. The summed E-state index contributed by atoms with van der Waals surface area (Å²) in [5.74, 6) is 0.624. The summed E-state index contributed by atoms with van der Waals surface area (Å²) in [6.07, 6.45) is 1.55. The van der Waals surface area contributed by atoms with Gasteiger partial charge in [-0.15, -0.1) is 5.10 Å². The molecule has 7 nitrogen and oxygen atoms in total. The summed E-state index contributed by atoms with van der Waals surface area (Å²) in [7, 11) is 0. The lowest BCUT2D eigenvalue weighted by molar-refractivity contribution is -0.932. The third-order valence-corrected chi connectivity index (χ3v) is 6.05. The molecule has 3 aromatic heterocycles. The zero-order chi connectivity index (χ0) is 19.1. The molecule has 144 valence electrons. The SMILES string of the molecule is Oc1c([C@H](c2ccccc2F)[NH+]2CCOCC2)sc2nc(-c3ccco3)nn12. The first kappa shape index (κ1) is 17.4. The average Bonchev–Trinajstić information content (AvgIpc) is 3.43. The van der Waals surface area contributed by atoms with Crippen LogP contribution in [-0.2, 0) is 4.74 Å². The van der Waals surface area contributed by atoms with Crippen molar-refractivity contribution < 1.29 is 23.6 Å². The molecular weight excluding hydrogens is 383 g/mol. The van der Waals surface area contributed by atoms with E-state index in [-0.39, 0.29) is 17.7 Å². The summed E-state index contributed by atoms with van der Waals surface area (Å²) >= 11 is 1.32. The van der Waals surface area contributed by atoms with Crippen LogP contribution in [0.2, 0.25) is 0 Å². The molecule has 9 heteroatoms. The Morgan fingerprint density at radius 1 is 1.18 bits per heavy atom. The van der Waals surface area contributed by atoms with Crippen LogP contribution in [0.3, 0.4) is 0 Å². The number of thiazole rings is 1. The number of fused-ring (bicyclic) bond motifs is 1. The number of nitrogens with one attached hydrogen (secondary N) is 1. The minimum atomic E-state index is -0.356. The van der Waals surface area contributed by atoms with Gasteiger partial charge in [0.2, 0.25) is 16.7 Å². The molecule has 1 aliphatic rings. The number of aromatic hydroxyl groups is 1. The van der Waals surface area contributed by atoms with E-state index in [1.54, 1.807) is 30.5 Å². The van der Waals surface area contributed by atoms with Crippen LogP contribution in [-0.4, -0.2) is 46.0 Å². The largest absolute Gasteiger partial charge is 0.492 e. The van der Waals surface area contributed by atoms with Crippen LogP contribution in [0.15, 0.2) is 47.1 Å². The van der Waals surface area contributed by atoms with Gasteiger partial charge in [-0.05, 0) is 24.3 Å². The summed E-state index contributed by atoms with van der Waals surface area (Å²) in [6, 6.07) is 9.86. The normalized spacial score (nSPS) is 16.6. The fraction of sp³-hybridized carbons (Fsp3) is 0.263. The fourth-order valence-electron chi connectivity index (χ4n) is 3.63. The van der Waals surface area contributed by atoms with Crippen molar-refractivity contribution in [3.8, 4) is 17.5 Å². The topological polar surface area (TPSA) is 77.2 Å². The van der Waals surface area contributed by atoms with Crippen LogP contribution in [0.4, 0.5) is 4.39 Å². The van der Waals surface area contributed by atoms with E-state index in [1.165, 1.54) is 21.9 Å². The van der Waals surface area contributed by atoms with E-state index in [9.17, 15) is 9.50 Å². The fourth-order valence-corrected chi connectivity index (χ4v) is 4.76. The Bertz CT molecular complexity index is 1100. The molecule has 28 heavy (non-hydrogen) atoms. The summed E-state index contributed by atoms with van der Waals surface area (Å²) < 4.78 is 26.9. The van der Waals surface area contributed by atoms with Crippen LogP contribution >= 0.6 is 11.3 Å². The molecule has 0 saturated carbocycles. The van der Waals surface area contributed by atoms with Crippen molar-refractivity contribution >= 4 is 16.3 Å². The third kappa shape index (κ3) is 2.88. The molecule has 4 heterocycles. The summed E-state index contributed by atoms with van der Waals surface area (Å²) in [5.41, 5.74) is 0.547. The standard InChI is InChI=1S/C19H17FN4O3S/c20-13-5-2-1-4-12(13)15(23-7-10-26-11-8-23)16-18(25)24-19(28-16)21-17(22-24)14-6-3-9-27-14/h1-6,9,15,25H,7-8,10-11H2/p+1/t15-/m0/s1. The number of benzene rings is 1. The van der Waals surface area contributed by atoms with Gasteiger partial charge < -0.3 is 19.2 Å². The van der Waals surface area contributed by atoms with Crippen LogP contribution < -0.4 is 4.90 Å². The molecule has 2 N–H and O–H groups in total. The second-order valence-electron chi connectivity index (χ2n) is 6.62. The minimum absolute atomic E-state index is 0.0162. The second-order valence-corrected chi connectivity index (χ2v) is 7.63. The zero-order valence-electron chi connectivity index (χ0n) is 14.8. The molecule has 0 spiro atoms. The number of hydrogen-bond acceptors (Lipinski definition) is 6. The molecule has 0 bridgehead atoms. The first-order valence-corrected chi connectivity index (χ1v) is 9.83. The average molecular weight is 401 g/mol. The zero-order valence-corrected chi connectivity index (χ0v) is 15.7. The van der Waals surface area contributed by atoms with Crippen molar-refractivity contribution in [1.29, 1.82) is 0 Å². The maximum Gasteiger partial charge on any atom is 0.235 e. The molecule has 1 fully saturated rings. The monoisotopic (exact) mass is 401 g/mol. The highest BCUT2D eigenvalue weighted by molar-refractivity contribution is 7.17. The number of morpholine rings is 1. The van der Waals surface area contributed by atoms with Gasteiger partial charge in [0, 0.05) is 0 Å². The summed E-state index contributed by atoms with van der Waals surface area (Å²) in [6.45, 7) is 2.66. The van der Waals surface area contributed by atoms with E-state index in [1.807, 2.05) is 6.07 Å². The Morgan fingerprint density at radius 3 is 2.71 bits per heavy atom. The molecule has 1 aromatic carbocycles. The van der Waals surface area contributed by atoms with E-state index in [0.29, 0.717) is 40.2 Å². The van der Waals surface area contributed by atoms with Gasteiger partial charge in [-0.3, -0.25) is 0 Å². The Morgan fingerprint density at radius 2 is 2.00 bits per heavy atom. The van der Waals surface area contributed by atoms with E-state index in [0.717, 1.165) is 18.0 Å². The van der Waals surface area contributed by atoms with Crippen molar-refractivity contribution in [2.75, 3.05) is 26.3 Å². The molecule has 0 unspecified atom stereocenters. The van der Waals surface area contributed by atoms with Crippen molar-refractivity contribution in [2.24, 2.45) is 0 Å². The molecule has 0 aliphatic carbocycles. The molecule has 5 rings (SSSR count). The van der Waals surface area contributed by atoms with E-state index in [4.69, 9.17) is 9.15 Å². The predicted molar refractivity (Wildman–Crippen MR) is 100.0 cm³/mol. The quantitative estimate of drug-likeness (QED) is 0.546. The lowest BCUT2D eigenvalue weighted by Gasteiger charge is -2.31. The smallest absolute Gasteiger partial charge is 0.235 e. The minimum Gasteiger partial charge on any atom is -0.492 e. The molecule has 0 radical (unpaired) electrons. The van der Waals surface area contributed by atoms with Crippen LogP contribution in [0.1, 0.15) is 16.5 Å². The Hall–Kier alpha value is -2.75. The van der Waals surface area contributed by atoms with E-state index in [2.05, 4.69) is 10.1 Å². The highest BCUT2D eigenvalue weighted by atomic mass is 32.1. The van der Waals surface area contributed by atoms with Crippen LogP contribution in [0.25, 0.3) is 16.5 Å². The summed E-state index contributed by atoms with van der Waals surface area (Å²) in [5, 5.41) is 15.3. The lowest BCUT2D eigenvalue weighted by Crippen LogP contribution is -3.14.